The Labute approximate surface area is 167 Å². The number of hydrogen-bond acceptors (Lipinski definition) is 2. The van der Waals surface area contributed by atoms with E-state index in [1.807, 2.05) is 31.3 Å². The van der Waals surface area contributed by atoms with Gasteiger partial charge in [-0.3, -0.25) is 4.99 Å². The van der Waals surface area contributed by atoms with E-state index in [2.05, 4.69) is 44.7 Å². The van der Waals surface area contributed by atoms with Crippen molar-refractivity contribution in [2.45, 2.75) is 25.8 Å². The van der Waals surface area contributed by atoms with Crippen LogP contribution >= 0.6 is 24.0 Å². The van der Waals surface area contributed by atoms with Crippen LogP contribution in [0.5, 0.6) is 5.75 Å². The monoisotopic (exact) mass is 456 g/mol. The fourth-order valence-corrected chi connectivity index (χ4v) is 2.50. The van der Waals surface area contributed by atoms with Crippen LogP contribution in [0, 0.1) is 0 Å². The van der Waals surface area contributed by atoms with Crippen LogP contribution in [0.3, 0.4) is 0 Å². The average molecular weight is 456 g/mol. The number of hydrogen-bond donors (Lipinski definition) is 2. The third-order valence-electron chi connectivity index (χ3n) is 3.90. The van der Waals surface area contributed by atoms with E-state index in [1.165, 1.54) is 5.56 Å². The van der Waals surface area contributed by atoms with Crippen molar-refractivity contribution in [1.82, 2.24) is 15.2 Å². The number of rotatable bonds is 9. The maximum Gasteiger partial charge on any atom is 0.191 e. The molecule has 0 atom stereocenters. The number of nitrogens with one attached hydrogen (secondary N) is 2. The molecule has 6 heteroatoms. The van der Waals surface area contributed by atoms with Gasteiger partial charge >= 0.3 is 0 Å². The Kier molecular flexibility index (Phi) is 10.8. The van der Waals surface area contributed by atoms with Gasteiger partial charge in [0.2, 0.25) is 0 Å². The smallest absolute Gasteiger partial charge is 0.191 e. The van der Waals surface area contributed by atoms with Gasteiger partial charge in [-0.05, 0) is 49.1 Å². The van der Waals surface area contributed by atoms with Gasteiger partial charge in [-0.15, -0.1) is 24.0 Å². The molecule has 1 aromatic heterocycles. The molecule has 25 heavy (non-hydrogen) atoms. The summed E-state index contributed by atoms with van der Waals surface area (Å²) in [5.74, 6) is 1.78. The summed E-state index contributed by atoms with van der Waals surface area (Å²) in [5.41, 5.74) is 1.35. The standard InChI is InChI=1S/C19H28N4O.HI/c1-20-19(22-13-16-23-14-5-6-15-23)21-12-4-3-7-17-8-10-18(24-2)11-9-17;/h5-6,8-11,14-15H,3-4,7,12-13,16H2,1-2H3,(H2,20,21,22);1H. The van der Waals surface area contributed by atoms with Crippen LogP contribution in [0.15, 0.2) is 53.8 Å². The van der Waals surface area contributed by atoms with Crippen LogP contribution in [0.4, 0.5) is 0 Å². The number of ether oxygens (including phenoxy) is 1. The quantitative estimate of drug-likeness (QED) is 0.264. The van der Waals surface area contributed by atoms with Crippen LogP contribution in [-0.2, 0) is 13.0 Å². The van der Waals surface area contributed by atoms with Crippen LogP contribution in [0.25, 0.3) is 0 Å². The van der Waals surface area contributed by atoms with Gasteiger partial charge in [-0.2, -0.15) is 0 Å². The molecule has 2 N–H and O–H groups in total. The maximum absolute atomic E-state index is 5.18. The van der Waals surface area contributed by atoms with Crippen molar-refractivity contribution < 1.29 is 4.74 Å². The summed E-state index contributed by atoms with van der Waals surface area (Å²) in [4.78, 5) is 4.25. The first-order valence-corrected chi connectivity index (χ1v) is 8.50. The molecule has 1 heterocycles. The molecule has 0 amide bonds. The summed E-state index contributed by atoms with van der Waals surface area (Å²) in [7, 11) is 3.50. The zero-order chi connectivity index (χ0) is 17.0. The molecule has 0 aliphatic rings. The molecule has 0 bridgehead atoms. The highest BCUT2D eigenvalue weighted by atomic mass is 127. The minimum atomic E-state index is 0. The Morgan fingerprint density at radius 3 is 2.36 bits per heavy atom. The van der Waals surface area contributed by atoms with Gasteiger partial charge in [0.25, 0.3) is 0 Å². The fourth-order valence-electron chi connectivity index (χ4n) is 2.50. The van der Waals surface area contributed by atoms with Crippen molar-refractivity contribution in [2.24, 2.45) is 4.99 Å². The van der Waals surface area contributed by atoms with Crippen LogP contribution < -0.4 is 15.4 Å². The fraction of sp³-hybridized carbons (Fsp3) is 0.421. The van der Waals surface area contributed by atoms with E-state index >= 15 is 0 Å². The minimum Gasteiger partial charge on any atom is -0.497 e. The predicted molar refractivity (Wildman–Crippen MR) is 115 cm³/mol. The summed E-state index contributed by atoms with van der Waals surface area (Å²) >= 11 is 0. The molecule has 2 rings (SSSR count). The number of methoxy groups -OCH3 is 1. The van der Waals surface area contributed by atoms with Gasteiger partial charge in [-0.1, -0.05) is 12.1 Å². The SMILES string of the molecule is CN=C(NCCCCc1ccc(OC)cc1)NCCn1cccc1.I. The van der Waals surface area contributed by atoms with Crippen LogP contribution in [-0.4, -0.2) is 37.8 Å². The predicted octanol–water partition coefficient (Wildman–Crippen LogP) is 3.30. The number of nitrogens with zero attached hydrogens (tertiary/aromatic N) is 2. The molecule has 0 radical (unpaired) electrons. The molecule has 0 aliphatic heterocycles. The van der Waals surface area contributed by atoms with E-state index < -0.39 is 0 Å². The molecule has 0 saturated carbocycles. The molecule has 1 aromatic carbocycles. The molecule has 0 fully saturated rings. The summed E-state index contributed by atoms with van der Waals surface area (Å²) in [6, 6.07) is 12.4. The highest BCUT2D eigenvalue weighted by Gasteiger charge is 1.98. The summed E-state index contributed by atoms with van der Waals surface area (Å²) in [5, 5.41) is 6.70. The van der Waals surface area contributed by atoms with E-state index in [4.69, 9.17) is 4.74 Å². The number of aromatic nitrogens is 1. The van der Waals surface area contributed by atoms with Crippen molar-refractivity contribution in [3.63, 3.8) is 0 Å². The number of guanidine groups is 1. The second-order valence-electron chi connectivity index (χ2n) is 5.65. The summed E-state index contributed by atoms with van der Waals surface area (Å²) < 4.78 is 7.32. The van der Waals surface area contributed by atoms with Crippen LogP contribution in [0.1, 0.15) is 18.4 Å². The molecule has 138 valence electrons. The number of unbranched alkanes of at least 4 members (excludes halogenated alkanes) is 1. The second kappa shape index (κ2) is 12.6. The van der Waals surface area contributed by atoms with Gasteiger partial charge in [-0.25, -0.2) is 0 Å². The van der Waals surface area contributed by atoms with Crippen LogP contribution in [0.2, 0.25) is 0 Å². The lowest BCUT2D eigenvalue weighted by Crippen LogP contribution is -2.39. The van der Waals surface area contributed by atoms with Gasteiger partial charge in [0.05, 0.1) is 7.11 Å². The first kappa shape index (κ1) is 21.3. The number of benzene rings is 1. The highest BCUT2D eigenvalue weighted by Crippen LogP contribution is 2.12. The van der Waals surface area contributed by atoms with Crippen molar-refractivity contribution >= 4 is 29.9 Å². The van der Waals surface area contributed by atoms with E-state index in [0.29, 0.717) is 0 Å². The first-order chi connectivity index (χ1) is 11.8. The van der Waals surface area contributed by atoms with E-state index in [1.54, 1.807) is 7.11 Å². The number of aryl methyl sites for hydroxylation is 1. The molecule has 0 aliphatic carbocycles. The molecule has 2 aromatic rings. The van der Waals surface area contributed by atoms with E-state index in [0.717, 1.165) is 50.6 Å². The Bertz CT molecular complexity index is 596. The van der Waals surface area contributed by atoms with E-state index in [-0.39, 0.29) is 24.0 Å². The topological polar surface area (TPSA) is 50.6 Å². The third-order valence-corrected chi connectivity index (χ3v) is 3.90. The highest BCUT2D eigenvalue weighted by molar-refractivity contribution is 14.0. The molecule has 0 unspecified atom stereocenters. The van der Waals surface area contributed by atoms with Gasteiger partial charge in [0.1, 0.15) is 5.75 Å². The summed E-state index contributed by atoms with van der Waals surface area (Å²) in [6.07, 6.45) is 7.49. The van der Waals surface area contributed by atoms with E-state index in [9.17, 15) is 0 Å². The first-order valence-electron chi connectivity index (χ1n) is 8.50. The van der Waals surface area contributed by atoms with Gasteiger partial charge in [0, 0.05) is 39.1 Å². The zero-order valence-corrected chi connectivity index (χ0v) is 17.4. The Balaban J connectivity index is 0.00000312. The minimum absolute atomic E-state index is 0. The molecule has 5 nitrogen and oxygen atoms in total. The Morgan fingerprint density at radius 1 is 1.04 bits per heavy atom. The normalized spacial score (nSPS) is 10.9. The lowest BCUT2D eigenvalue weighted by Gasteiger charge is -2.12. The lowest BCUT2D eigenvalue weighted by molar-refractivity contribution is 0.414. The molecular weight excluding hydrogens is 427 g/mol. The second-order valence-corrected chi connectivity index (χ2v) is 5.65. The Hall–Kier alpha value is -1.70. The Morgan fingerprint density at radius 2 is 1.72 bits per heavy atom. The molecule has 0 spiro atoms. The number of aliphatic imine (C=N–C) groups is 1. The van der Waals surface area contributed by atoms with Crippen molar-refractivity contribution in [3.8, 4) is 5.75 Å². The van der Waals surface area contributed by atoms with Crippen molar-refractivity contribution in [3.05, 3.63) is 54.4 Å². The van der Waals surface area contributed by atoms with Gasteiger partial charge in [0.15, 0.2) is 5.96 Å². The maximum atomic E-state index is 5.18. The summed E-state index contributed by atoms with van der Waals surface area (Å²) in [6.45, 7) is 2.73. The average Bonchev–Trinajstić information content (AvgIpc) is 3.14. The number of halogens is 1. The van der Waals surface area contributed by atoms with Crippen molar-refractivity contribution in [1.29, 1.82) is 0 Å². The molecular formula is C19H29IN4O. The zero-order valence-electron chi connectivity index (χ0n) is 15.1. The largest absolute Gasteiger partial charge is 0.497 e. The molecule has 0 saturated heterocycles. The third kappa shape index (κ3) is 8.29. The van der Waals surface area contributed by atoms with Crippen molar-refractivity contribution in [2.75, 3.05) is 27.2 Å². The van der Waals surface area contributed by atoms with Gasteiger partial charge < -0.3 is 19.9 Å². The lowest BCUT2D eigenvalue weighted by atomic mass is 10.1.